The Kier molecular flexibility index (Phi) is 3.59. The van der Waals surface area contributed by atoms with Gasteiger partial charge < -0.3 is 9.73 Å². The van der Waals surface area contributed by atoms with Gasteiger partial charge in [-0.2, -0.15) is 0 Å². The number of thiazole rings is 1. The van der Waals surface area contributed by atoms with Gasteiger partial charge in [0.05, 0.1) is 11.3 Å². The van der Waals surface area contributed by atoms with Gasteiger partial charge in [-0.1, -0.05) is 24.3 Å². The Morgan fingerprint density at radius 2 is 1.96 bits per heavy atom. The van der Waals surface area contributed by atoms with Crippen LogP contribution >= 0.6 is 11.3 Å². The number of pyridine rings is 1. The van der Waals surface area contributed by atoms with Gasteiger partial charge in [-0.25, -0.2) is 14.8 Å². The molecule has 6 heteroatoms. The summed E-state index contributed by atoms with van der Waals surface area (Å²) in [5, 5.41) is 6.53. The molecule has 0 radical (unpaired) electrons. The van der Waals surface area contributed by atoms with Crippen LogP contribution in [0.1, 0.15) is 5.69 Å². The van der Waals surface area contributed by atoms with Gasteiger partial charge in [0.1, 0.15) is 11.4 Å². The second-order valence-corrected chi connectivity index (χ2v) is 6.17. The number of hydrogen-bond donors (Lipinski definition) is 1. The Morgan fingerprint density at radius 1 is 1.08 bits per heavy atom. The largest absolute Gasteiger partial charge is 0.422 e. The summed E-state index contributed by atoms with van der Waals surface area (Å²) in [5.74, 6) is 0.724. The predicted molar refractivity (Wildman–Crippen MR) is 95.8 cm³/mol. The minimum atomic E-state index is -0.390. The van der Waals surface area contributed by atoms with Gasteiger partial charge in [0.25, 0.3) is 0 Å². The summed E-state index contributed by atoms with van der Waals surface area (Å²) in [5.41, 5.74) is 2.15. The SMILES string of the molecule is Cc1cccc(Nc2nc(-c3cc4ccccc4oc3=O)cs2)n1. The number of benzene rings is 1. The fraction of sp³-hybridized carbons (Fsp3) is 0.0556. The van der Waals surface area contributed by atoms with Gasteiger partial charge in [-0.3, -0.25) is 0 Å². The van der Waals surface area contributed by atoms with Crippen LogP contribution in [0.4, 0.5) is 10.9 Å². The number of aryl methyl sites for hydroxylation is 1. The molecule has 4 rings (SSSR count). The predicted octanol–water partition coefficient (Wildman–Crippen LogP) is 4.36. The van der Waals surface area contributed by atoms with Crippen molar-refractivity contribution in [3.63, 3.8) is 0 Å². The van der Waals surface area contributed by atoms with Crippen molar-refractivity contribution < 1.29 is 4.42 Å². The number of hydrogen-bond acceptors (Lipinski definition) is 6. The van der Waals surface area contributed by atoms with Crippen LogP contribution in [0.3, 0.4) is 0 Å². The highest BCUT2D eigenvalue weighted by Crippen LogP contribution is 2.26. The lowest BCUT2D eigenvalue weighted by molar-refractivity contribution is 0.563. The standard InChI is InChI=1S/C18H13N3O2S/c1-11-5-4-8-16(19-11)21-18-20-14(10-24-18)13-9-12-6-2-3-7-15(12)23-17(13)22/h2-10H,1H3,(H,19,20,21). The Labute approximate surface area is 141 Å². The first-order chi connectivity index (χ1) is 11.7. The van der Waals surface area contributed by atoms with E-state index in [2.05, 4.69) is 15.3 Å². The van der Waals surface area contributed by atoms with Gasteiger partial charge in [0, 0.05) is 16.5 Å². The quantitative estimate of drug-likeness (QED) is 0.563. The van der Waals surface area contributed by atoms with Gasteiger partial charge in [-0.05, 0) is 31.2 Å². The molecule has 0 fully saturated rings. The molecule has 118 valence electrons. The number of anilines is 2. The van der Waals surface area contributed by atoms with Gasteiger partial charge >= 0.3 is 5.63 Å². The molecule has 0 unspecified atom stereocenters. The van der Waals surface area contributed by atoms with Crippen LogP contribution in [-0.2, 0) is 0 Å². The van der Waals surface area contributed by atoms with Crippen LogP contribution < -0.4 is 10.9 Å². The summed E-state index contributed by atoms with van der Waals surface area (Å²) in [4.78, 5) is 21.1. The smallest absolute Gasteiger partial charge is 0.345 e. The van der Waals surface area contributed by atoms with Gasteiger partial charge in [0.15, 0.2) is 5.13 Å². The molecule has 1 N–H and O–H groups in total. The Hall–Kier alpha value is -2.99. The van der Waals surface area contributed by atoms with Crippen molar-refractivity contribution in [2.45, 2.75) is 6.92 Å². The lowest BCUT2D eigenvalue weighted by Crippen LogP contribution is -2.03. The number of fused-ring (bicyclic) bond motifs is 1. The van der Waals surface area contributed by atoms with E-state index in [-0.39, 0.29) is 5.63 Å². The van der Waals surface area contributed by atoms with E-state index in [1.54, 1.807) is 6.07 Å². The monoisotopic (exact) mass is 335 g/mol. The topological polar surface area (TPSA) is 68.0 Å². The summed E-state index contributed by atoms with van der Waals surface area (Å²) in [6, 6.07) is 15.0. The van der Waals surface area contributed by atoms with Crippen LogP contribution in [0.15, 0.2) is 63.1 Å². The minimum Gasteiger partial charge on any atom is -0.422 e. The van der Waals surface area contributed by atoms with Crippen molar-refractivity contribution in [2.24, 2.45) is 0 Å². The van der Waals surface area contributed by atoms with Crippen molar-refractivity contribution in [1.29, 1.82) is 0 Å². The third kappa shape index (κ3) is 2.79. The Morgan fingerprint density at radius 3 is 2.83 bits per heavy atom. The molecule has 0 atom stereocenters. The average Bonchev–Trinajstić information content (AvgIpc) is 3.02. The van der Waals surface area contributed by atoms with E-state index in [0.717, 1.165) is 16.9 Å². The lowest BCUT2D eigenvalue weighted by atomic mass is 10.1. The molecule has 3 heterocycles. The number of nitrogens with zero attached hydrogens (tertiary/aromatic N) is 2. The lowest BCUT2D eigenvalue weighted by Gasteiger charge is -2.02. The minimum absolute atomic E-state index is 0.390. The van der Waals surface area contributed by atoms with Crippen molar-refractivity contribution in [1.82, 2.24) is 9.97 Å². The Balaban J connectivity index is 1.70. The third-order valence-electron chi connectivity index (χ3n) is 3.54. The summed E-state index contributed by atoms with van der Waals surface area (Å²) in [7, 11) is 0. The zero-order chi connectivity index (χ0) is 16.5. The van der Waals surface area contributed by atoms with Crippen molar-refractivity contribution in [3.05, 3.63) is 70.0 Å². The first kappa shape index (κ1) is 14.6. The van der Waals surface area contributed by atoms with Crippen LogP contribution in [0.25, 0.3) is 22.2 Å². The van der Waals surface area contributed by atoms with Gasteiger partial charge in [0.2, 0.25) is 0 Å². The summed E-state index contributed by atoms with van der Waals surface area (Å²) in [6.45, 7) is 1.93. The van der Waals surface area contributed by atoms with E-state index >= 15 is 0 Å². The molecule has 3 aromatic heterocycles. The molecular formula is C18H13N3O2S. The summed E-state index contributed by atoms with van der Waals surface area (Å²) < 4.78 is 5.37. The highest BCUT2D eigenvalue weighted by Gasteiger charge is 2.11. The van der Waals surface area contributed by atoms with Crippen molar-refractivity contribution >= 4 is 33.3 Å². The fourth-order valence-electron chi connectivity index (χ4n) is 2.42. The molecule has 1 aromatic carbocycles. The first-order valence-electron chi connectivity index (χ1n) is 7.38. The molecule has 24 heavy (non-hydrogen) atoms. The maximum absolute atomic E-state index is 12.2. The molecule has 0 amide bonds. The van der Waals surface area contributed by atoms with E-state index in [0.29, 0.717) is 22.0 Å². The van der Waals surface area contributed by atoms with E-state index in [1.165, 1.54) is 11.3 Å². The average molecular weight is 335 g/mol. The molecule has 0 spiro atoms. The van der Waals surface area contributed by atoms with Crippen LogP contribution in [-0.4, -0.2) is 9.97 Å². The van der Waals surface area contributed by atoms with Crippen molar-refractivity contribution in [3.8, 4) is 11.3 Å². The maximum atomic E-state index is 12.2. The highest BCUT2D eigenvalue weighted by molar-refractivity contribution is 7.14. The van der Waals surface area contributed by atoms with Gasteiger partial charge in [-0.15, -0.1) is 11.3 Å². The zero-order valence-corrected chi connectivity index (χ0v) is 13.6. The molecule has 0 saturated carbocycles. The fourth-order valence-corrected chi connectivity index (χ4v) is 3.14. The first-order valence-corrected chi connectivity index (χ1v) is 8.26. The number of rotatable bonds is 3. The molecule has 0 aliphatic rings. The van der Waals surface area contributed by atoms with E-state index in [4.69, 9.17) is 4.42 Å². The van der Waals surface area contributed by atoms with E-state index in [9.17, 15) is 4.79 Å². The molecular weight excluding hydrogens is 322 g/mol. The maximum Gasteiger partial charge on any atom is 0.345 e. The molecule has 0 aliphatic carbocycles. The Bertz CT molecular complexity index is 1080. The third-order valence-corrected chi connectivity index (χ3v) is 4.30. The molecule has 0 bridgehead atoms. The van der Waals surface area contributed by atoms with Crippen LogP contribution in [0.2, 0.25) is 0 Å². The highest BCUT2D eigenvalue weighted by atomic mass is 32.1. The zero-order valence-electron chi connectivity index (χ0n) is 12.8. The van der Waals surface area contributed by atoms with E-state index < -0.39 is 0 Å². The molecule has 5 nitrogen and oxygen atoms in total. The normalized spacial score (nSPS) is 10.9. The molecule has 0 aliphatic heterocycles. The van der Waals surface area contributed by atoms with Crippen LogP contribution in [0.5, 0.6) is 0 Å². The molecule has 4 aromatic rings. The molecule has 0 saturated heterocycles. The summed E-state index contributed by atoms with van der Waals surface area (Å²) in [6.07, 6.45) is 0. The second kappa shape index (κ2) is 5.90. The second-order valence-electron chi connectivity index (χ2n) is 5.31. The van der Waals surface area contributed by atoms with E-state index in [1.807, 2.05) is 54.8 Å². The number of aromatic nitrogens is 2. The van der Waals surface area contributed by atoms with Crippen molar-refractivity contribution in [2.75, 3.05) is 5.32 Å². The number of para-hydroxylation sites is 1. The number of nitrogens with one attached hydrogen (secondary N) is 1. The summed E-state index contributed by atoms with van der Waals surface area (Å²) >= 11 is 1.42. The van der Waals surface area contributed by atoms with Crippen LogP contribution in [0, 0.1) is 6.92 Å².